The number of ether oxygens (including phenoxy) is 1. The Morgan fingerprint density at radius 1 is 1.33 bits per heavy atom. The van der Waals surface area contributed by atoms with E-state index < -0.39 is 46.3 Å². The van der Waals surface area contributed by atoms with E-state index >= 15 is 0 Å². The maximum Gasteiger partial charge on any atom is 0.407 e. The van der Waals surface area contributed by atoms with E-state index in [1.165, 1.54) is 0 Å². The first-order valence-electron chi connectivity index (χ1n) is 6.56. The van der Waals surface area contributed by atoms with E-state index in [1.807, 2.05) is 0 Å². The van der Waals surface area contributed by atoms with Gasteiger partial charge in [0.15, 0.2) is 6.10 Å². The Labute approximate surface area is 123 Å². The smallest absolute Gasteiger partial charge is 0.407 e. The molecule has 21 heavy (non-hydrogen) atoms. The van der Waals surface area contributed by atoms with Crippen molar-refractivity contribution in [1.82, 2.24) is 5.32 Å². The highest BCUT2D eigenvalue weighted by Crippen LogP contribution is 2.36. The SMILES string of the molecule is CC(C)(C)OC(=O)N[C@@H]1CCCC(F)(F)[C@H]1OS(C)(=O)=O. The molecule has 1 fully saturated rings. The molecule has 9 heteroatoms. The summed E-state index contributed by atoms with van der Waals surface area (Å²) in [5.74, 6) is -3.33. The van der Waals surface area contributed by atoms with Crippen molar-refractivity contribution in [3.63, 3.8) is 0 Å². The lowest BCUT2D eigenvalue weighted by molar-refractivity contribution is -0.129. The largest absolute Gasteiger partial charge is 0.444 e. The average Bonchev–Trinajstić information content (AvgIpc) is 2.18. The third-order valence-electron chi connectivity index (χ3n) is 2.79. The summed E-state index contributed by atoms with van der Waals surface area (Å²) >= 11 is 0. The van der Waals surface area contributed by atoms with Gasteiger partial charge in [0.05, 0.1) is 12.3 Å². The predicted molar refractivity (Wildman–Crippen MR) is 71.7 cm³/mol. The van der Waals surface area contributed by atoms with E-state index in [0.29, 0.717) is 6.26 Å². The van der Waals surface area contributed by atoms with E-state index in [1.54, 1.807) is 20.8 Å². The molecule has 1 aliphatic rings. The Hall–Kier alpha value is -0.960. The molecule has 0 heterocycles. The van der Waals surface area contributed by atoms with Crippen molar-refractivity contribution in [3.05, 3.63) is 0 Å². The van der Waals surface area contributed by atoms with Crippen molar-refractivity contribution in [1.29, 1.82) is 0 Å². The van der Waals surface area contributed by atoms with Crippen LogP contribution in [-0.4, -0.2) is 44.4 Å². The number of halogens is 2. The van der Waals surface area contributed by atoms with Crippen LogP contribution < -0.4 is 5.32 Å². The normalized spacial score (nSPS) is 26.2. The van der Waals surface area contributed by atoms with E-state index in [4.69, 9.17) is 4.74 Å². The molecule has 0 aromatic rings. The first kappa shape index (κ1) is 18.1. The zero-order valence-corrected chi connectivity index (χ0v) is 13.3. The van der Waals surface area contributed by atoms with E-state index in [0.717, 1.165) is 0 Å². The van der Waals surface area contributed by atoms with Gasteiger partial charge in [0.2, 0.25) is 0 Å². The second-order valence-electron chi connectivity index (χ2n) is 6.13. The molecule has 0 aromatic carbocycles. The quantitative estimate of drug-likeness (QED) is 0.801. The molecule has 0 aromatic heterocycles. The summed E-state index contributed by atoms with van der Waals surface area (Å²) in [5, 5.41) is 2.27. The summed E-state index contributed by atoms with van der Waals surface area (Å²) in [6.07, 6.45) is -2.25. The predicted octanol–water partition coefficient (Wildman–Crippen LogP) is 2.04. The number of alkyl halides is 2. The van der Waals surface area contributed by atoms with Gasteiger partial charge in [-0.1, -0.05) is 0 Å². The molecule has 0 bridgehead atoms. The van der Waals surface area contributed by atoms with Crippen molar-refractivity contribution in [2.75, 3.05) is 6.26 Å². The van der Waals surface area contributed by atoms with E-state index in [2.05, 4.69) is 9.50 Å². The van der Waals surface area contributed by atoms with Gasteiger partial charge >= 0.3 is 6.09 Å². The van der Waals surface area contributed by atoms with Crippen LogP contribution in [0.4, 0.5) is 13.6 Å². The second-order valence-corrected chi connectivity index (χ2v) is 7.73. The third-order valence-corrected chi connectivity index (χ3v) is 3.34. The van der Waals surface area contributed by atoms with Crippen LogP contribution in [0.5, 0.6) is 0 Å². The minimum Gasteiger partial charge on any atom is -0.444 e. The zero-order chi connectivity index (χ0) is 16.5. The Morgan fingerprint density at radius 3 is 2.38 bits per heavy atom. The van der Waals surface area contributed by atoms with Gasteiger partial charge in [-0.25, -0.2) is 13.6 Å². The standard InChI is InChI=1S/C12H21F2NO5S/c1-11(2,3)19-10(16)15-8-6-5-7-12(13,14)9(8)20-21(4,17)18/h8-9H,5-7H2,1-4H3,(H,15,16)/t8-,9+/m1/s1. The number of hydrogen-bond acceptors (Lipinski definition) is 5. The maximum absolute atomic E-state index is 13.9. The Morgan fingerprint density at radius 2 is 1.90 bits per heavy atom. The van der Waals surface area contributed by atoms with Crippen molar-refractivity contribution in [2.24, 2.45) is 0 Å². The molecule has 1 saturated carbocycles. The molecule has 2 atom stereocenters. The van der Waals surface area contributed by atoms with Crippen molar-refractivity contribution in [2.45, 2.75) is 63.7 Å². The van der Waals surface area contributed by atoms with Gasteiger partial charge < -0.3 is 10.1 Å². The summed E-state index contributed by atoms with van der Waals surface area (Å²) < 4.78 is 59.5. The number of nitrogens with one attached hydrogen (secondary N) is 1. The second kappa shape index (κ2) is 6.04. The van der Waals surface area contributed by atoms with Crippen LogP contribution in [-0.2, 0) is 19.0 Å². The van der Waals surface area contributed by atoms with Crippen molar-refractivity contribution < 1.29 is 30.9 Å². The highest BCUT2D eigenvalue weighted by atomic mass is 32.2. The molecule has 0 saturated heterocycles. The highest BCUT2D eigenvalue weighted by molar-refractivity contribution is 7.86. The summed E-state index contributed by atoms with van der Waals surface area (Å²) in [7, 11) is -4.07. The molecular weight excluding hydrogens is 308 g/mol. The lowest BCUT2D eigenvalue weighted by Crippen LogP contribution is -2.56. The molecule has 1 aliphatic carbocycles. The fourth-order valence-corrected chi connectivity index (χ4v) is 2.73. The lowest BCUT2D eigenvalue weighted by Gasteiger charge is -2.37. The molecule has 6 nitrogen and oxygen atoms in total. The number of alkyl carbamates (subject to hydrolysis) is 1. The molecule has 1 rings (SSSR count). The molecule has 0 unspecified atom stereocenters. The molecule has 1 amide bonds. The van der Waals surface area contributed by atoms with E-state index in [9.17, 15) is 22.0 Å². The van der Waals surface area contributed by atoms with Crippen LogP contribution in [0, 0.1) is 0 Å². The molecule has 1 N–H and O–H groups in total. The average molecular weight is 329 g/mol. The van der Waals surface area contributed by atoms with E-state index in [-0.39, 0.29) is 12.8 Å². The van der Waals surface area contributed by atoms with Gasteiger partial charge in [0.1, 0.15) is 5.60 Å². The van der Waals surface area contributed by atoms with Crippen LogP contribution in [0.15, 0.2) is 0 Å². The first-order valence-corrected chi connectivity index (χ1v) is 8.37. The number of carbonyl (C=O) groups excluding carboxylic acids is 1. The summed E-state index contributed by atoms with van der Waals surface area (Å²) in [6, 6.07) is -1.13. The minimum atomic E-state index is -4.07. The van der Waals surface area contributed by atoms with Gasteiger partial charge in [-0.2, -0.15) is 8.42 Å². The molecular formula is C12H21F2NO5S. The van der Waals surface area contributed by atoms with Gasteiger partial charge in [-0.3, -0.25) is 4.18 Å². The molecule has 124 valence electrons. The first-order chi connectivity index (χ1) is 9.30. The van der Waals surface area contributed by atoms with Crippen LogP contribution in [0.25, 0.3) is 0 Å². The summed E-state index contributed by atoms with van der Waals surface area (Å²) in [4.78, 5) is 11.7. The van der Waals surface area contributed by atoms with Crippen LogP contribution in [0.2, 0.25) is 0 Å². The van der Waals surface area contributed by atoms with Crippen LogP contribution >= 0.6 is 0 Å². The fourth-order valence-electron chi connectivity index (χ4n) is 2.08. The minimum absolute atomic E-state index is 0.150. The number of amides is 1. The zero-order valence-electron chi connectivity index (χ0n) is 12.5. The number of hydrogen-bond donors (Lipinski definition) is 1. The van der Waals surface area contributed by atoms with Crippen LogP contribution in [0.3, 0.4) is 0 Å². The number of rotatable bonds is 3. The topological polar surface area (TPSA) is 81.7 Å². The van der Waals surface area contributed by atoms with Gasteiger partial charge in [-0.05, 0) is 33.6 Å². The Bertz CT molecular complexity index is 486. The maximum atomic E-state index is 13.9. The van der Waals surface area contributed by atoms with Gasteiger partial charge in [0.25, 0.3) is 16.0 Å². The molecule has 0 aliphatic heterocycles. The monoisotopic (exact) mass is 329 g/mol. The molecule has 0 spiro atoms. The number of carbonyl (C=O) groups is 1. The summed E-state index contributed by atoms with van der Waals surface area (Å²) in [6.45, 7) is 4.89. The highest BCUT2D eigenvalue weighted by Gasteiger charge is 2.50. The van der Waals surface area contributed by atoms with Gasteiger partial charge in [0, 0.05) is 6.42 Å². The third kappa shape index (κ3) is 6.13. The van der Waals surface area contributed by atoms with Crippen molar-refractivity contribution >= 4 is 16.2 Å². The van der Waals surface area contributed by atoms with Crippen LogP contribution in [0.1, 0.15) is 40.0 Å². The Balaban J connectivity index is 2.84. The fraction of sp³-hybridized carbons (Fsp3) is 0.917. The summed E-state index contributed by atoms with van der Waals surface area (Å²) in [5.41, 5.74) is -0.783. The van der Waals surface area contributed by atoms with Gasteiger partial charge in [-0.15, -0.1) is 0 Å². The van der Waals surface area contributed by atoms with Crippen molar-refractivity contribution in [3.8, 4) is 0 Å². The Kier molecular flexibility index (Phi) is 5.20. The lowest BCUT2D eigenvalue weighted by atomic mass is 9.89. The molecule has 0 radical (unpaired) electrons.